The van der Waals surface area contributed by atoms with Gasteiger partial charge in [0.15, 0.2) is 31.9 Å². The summed E-state index contributed by atoms with van der Waals surface area (Å²) in [6.07, 6.45) is 0.978. The Hall–Kier alpha value is -1.50. The minimum Gasteiger partial charge on any atom is -0.467 e. The molecular weight excluding hydrogens is 288 g/mol. The van der Waals surface area contributed by atoms with Crippen molar-refractivity contribution in [1.82, 2.24) is 0 Å². The predicted molar refractivity (Wildman–Crippen MR) is 82.7 cm³/mol. The van der Waals surface area contributed by atoms with Crippen molar-refractivity contribution in [3.63, 3.8) is 0 Å². The number of rotatable bonds is 11. The highest BCUT2D eigenvalue weighted by Gasteiger charge is 2.17. The van der Waals surface area contributed by atoms with E-state index in [9.17, 15) is 0 Å². The molecule has 1 aromatic rings. The molecule has 0 bridgehead atoms. The Morgan fingerprint density at radius 3 is 1.68 bits per heavy atom. The van der Waals surface area contributed by atoms with Crippen LogP contribution in [0.1, 0.15) is 31.7 Å². The van der Waals surface area contributed by atoms with Gasteiger partial charge in [0.25, 0.3) is 0 Å². The summed E-state index contributed by atoms with van der Waals surface area (Å²) in [5, 5.41) is 0. The first-order valence-corrected chi connectivity index (χ1v) is 7.21. The molecule has 1 aromatic carbocycles. The second-order valence-electron chi connectivity index (χ2n) is 4.80. The van der Waals surface area contributed by atoms with Crippen molar-refractivity contribution in [2.75, 3.05) is 41.7 Å². The van der Waals surface area contributed by atoms with E-state index in [1.807, 2.05) is 6.07 Å². The van der Waals surface area contributed by atoms with Gasteiger partial charge in [-0.1, -0.05) is 13.8 Å². The van der Waals surface area contributed by atoms with Crippen LogP contribution in [0.4, 0.5) is 0 Å². The third-order valence-corrected chi connectivity index (χ3v) is 3.22. The van der Waals surface area contributed by atoms with E-state index in [0.717, 1.165) is 12.0 Å². The third-order valence-electron chi connectivity index (χ3n) is 3.22. The summed E-state index contributed by atoms with van der Waals surface area (Å²) < 4.78 is 31.7. The molecule has 0 fully saturated rings. The van der Waals surface area contributed by atoms with Gasteiger partial charge in [-0.05, 0) is 18.4 Å². The Labute approximate surface area is 132 Å². The fourth-order valence-electron chi connectivity index (χ4n) is 1.88. The molecule has 1 rings (SSSR count). The summed E-state index contributed by atoms with van der Waals surface area (Å²) in [6, 6.07) is 3.72. The van der Waals surface area contributed by atoms with Crippen molar-refractivity contribution in [3.8, 4) is 17.2 Å². The van der Waals surface area contributed by atoms with Gasteiger partial charge in [-0.2, -0.15) is 0 Å². The summed E-state index contributed by atoms with van der Waals surface area (Å²) in [5.41, 5.74) is 1.04. The Balaban J connectivity index is 3.15. The van der Waals surface area contributed by atoms with Gasteiger partial charge in [0.1, 0.15) is 5.75 Å². The fraction of sp³-hybridized carbons (Fsp3) is 0.625. The Bertz CT molecular complexity index is 435. The molecule has 0 N–H and O–H groups in total. The van der Waals surface area contributed by atoms with E-state index in [4.69, 9.17) is 28.4 Å². The summed E-state index contributed by atoms with van der Waals surface area (Å²) in [5.74, 6) is 2.16. The maximum Gasteiger partial charge on any atom is 0.188 e. The molecule has 0 aromatic heterocycles. The van der Waals surface area contributed by atoms with Crippen LogP contribution in [0.15, 0.2) is 12.1 Å². The average molecular weight is 314 g/mol. The van der Waals surface area contributed by atoms with E-state index in [1.165, 1.54) is 0 Å². The lowest BCUT2D eigenvalue weighted by Crippen LogP contribution is -2.08. The van der Waals surface area contributed by atoms with Gasteiger partial charge in [0, 0.05) is 33.0 Å². The zero-order valence-corrected chi connectivity index (χ0v) is 14.0. The molecule has 0 aliphatic heterocycles. The normalized spacial score (nSPS) is 12.0. The molecule has 6 heteroatoms. The standard InChI is InChI=1S/C16H26O6/c1-6-12(2)13-7-15(21-10-18-4)16(22-11-19-5)8-14(13)20-9-17-3/h7-8,12H,6,9-11H2,1-5H3. The van der Waals surface area contributed by atoms with Gasteiger partial charge in [-0.3, -0.25) is 0 Å². The van der Waals surface area contributed by atoms with Crippen LogP contribution in [-0.4, -0.2) is 41.7 Å². The molecule has 0 saturated heterocycles. The maximum absolute atomic E-state index is 5.66. The SMILES string of the molecule is CCC(C)c1cc(OCOC)c(OCOC)cc1OCOC. The van der Waals surface area contributed by atoms with Crippen LogP contribution in [0.5, 0.6) is 17.2 Å². The van der Waals surface area contributed by atoms with E-state index in [1.54, 1.807) is 27.4 Å². The molecular formula is C16H26O6. The van der Waals surface area contributed by atoms with E-state index >= 15 is 0 Å². The summed E-state index contributed by atoms with van der Waals surface area (Å²) in [4.78, 5) is 0. The molecule has 0 aliphatic carbocycles. The van der Waals surface area contributed by atoms with E-state index in [-0.39, 0.29) is 20.4 Å². The van der Waals surface area contributed by atoms with Crippen LogP contribution < -0.4 is 14.2 Å². The topological polar surface area (TPSA) is 55.4 Å². The molecule has 0 amide bonds. The van der Waals surface area contributed by atoms with Crippen molar-refractivity contribution in [1.29, 1.82) is 0 Å². The van der Waals surface area contributed by atoms with Crippen LogP contribution >= 0.6 is 0 Å². The van der Waals surface area contributed by atoms with Crippen molar-refractivity contribution >= 4 is 0 Å². The number of ether oxygens (including phenoxy) is 6. The van der Waals surface area contributed by atoms with E-state index in [0.29, 0.717) is 23.2 Å². The monoisotopic (exact) mass is 314 g/mol. The molecule has 6 nitrogen and oxygen atoms in total. The van der Waals surface area contributed by atoms with Crippen molar-refractivity contribution in [3.05, 3.63) is 17.7 Å². The minimum atomic E-state index is 0.121. The molecule has 1 atom stereocenters. The van der Waals surface area contributed by atoms with Gasteiger partial charge < -0.3 is 28.4 Å². The van der Waals surface area contributed by atoms with Gasteiger partial charge in [0.2, 0.25) is 0 Å². The zero-order chi connectivity index (χ0) is 16.4. The Morgan fingerprint density at radius 1 is 0.773 bits per heavy atom. The lowest BCUT2D eigenvalue weighted by Gasteiger charge is -2.20. The molecule has 0 radical (unpaired) electrons. The minimum absolute atomic E-state index is 0.121. The molecule has 0 heterocycles. The molecule has 22 heavy (non-hydrogen) atoms. The van der Waals surface area contributed by atoms with Crippen LogP contribution in [0, 0.1) is 0 Å². The van der Waals surface area contributed by atoms with Crippen molar-refractivity contribution in [2.45, 2.75) is 26.2 Å². The number of benzene rings is 1. The zero-order valence-electron chi connectivity index (χ0n) is 14.0. The highest BCUT2D eigenvalue weighted by Crippen LogP contribution is 2.39. The summed E-state index contributed by atoms with van der Waals surface area (Å²) in [6.45, 7) is 4.68. The summed E-state index contributed by atoms with van der Waals surface area (Å²) in [7, 11) is 4.72. The lowest BCUT2D eigenvalue weighted by molar-refractivity contribution is 0.0305. The first-order valence-electron chi connectivity index (χ1n) is 7.21. The Morgan fingerprint density at radius 2 is 1.23 bits per heavy atom. The van der Waals surface area contributed by atoms with E-state index in [2.05, 4.69) is 13.8 Å². The highest BCUT2D eigenvalue weighted by molar-refractivity contribution is 5.52. The smallest absolute Gasteiger partial charge is 0.188 e. The van der Waals surface area contributed by atoms with Crippen molar-refractivity contribution < 1.29 is 28.4 Å². The van der Waals surface area contributed by atoms with Gasteiger partial charge >= 0.3 is 0 Å². The van der Waals surface area contributed by atoms with Crippen LogP contribution in [0.25, 0.3) is 0 Å². The summed E-state index contributed by atoms with van der Waals surface area (Å²) >= 11 is 0. The number of hydrogen-bond donors (Lipinski definition) is 0. The molecule has 1 unspecified atom stereocenters. The number of hydrogen-bond acceptors (Lipinski definition) is 6. The van der Waals surface area contributed by atoms with E-state index < -0.39 is 0 Å². The number of methoxy groups -OCH3 is 3. The first-order chi connectivity index (χ1) is 10.7. The van der Waals surface area contributed by atoms with Gasteiger partial charge in [-0.25, -0.2) is 0 Å². The van der Waals surface area contributed by atoms with Gasteiger partial charge in [0.05, 0.1) is 0 Å². The highest BCUT2D eigenvalue weighted by atomic mass is 16.7. The lowest BCUT2D eigenvalue weighted by atomic mass is 9.97. The molecule has 0 aliphatic rings. The quantitative estimate of drug-likeness (QED) is 0.585. The molecule has 126 valence electrons. The van der Waals surface area contributed by atoms with Crippen molar-refractivity contribution in [2.24, 2.45) is 0 Å². The molecule has 0 spiro atoms. The van der Waals surface area contributed by atoms with Crippen LogP contribution in [0.3, 0.4) is 0 Å². The van der Waals surface area contributed by atoms with Crippen LogP contribution in [-0.2, 0) is 14.2 Å². The third kappa shape index (κ3) is 5.36. The first kappa shape index (κ1) is 18.5. The van der Waals surface area contributed by atoms with Crippen LogP contribution in [0.2, 0.25) is 0 Å². The van der Waals surface area contributed by atoms with Gasteiger partial charge in [-0.15, -0.1) is 0 Å². The second-order valence-corrected chi connectivity index (χ2v) is 4.80. The predicted octanol–water partition coefficient (Wildman–Crippen LogP) is 3.15. The fourth-order valence-corrected chi connectivity index (χ4v) is 1.88. The maximum atomic E-state index is 5.66. The second kappa shape index (κ2) is 10.3. The Kier molecular flexibility index (Phi) is 8.65. The molecule has 0 saturated carbocycles. The average Bonchev–Trinajstić information content (AvgIpc) is 2.55. The largest absolute Gasteiger partial charge is 0.467 e.